The van der Waals surface area contributed by atoms with Gasteiger partial charge in [0.1, 0.15) is 0 Å². The molecular formula is C20H20N4O3. The van der Waals surface area contributed by atoms with Crippen LogP contribution in [0.4, 0.5) is 16.2 Å². The lowest BCUT2D eigenvalue weighted by atomic mass is 10.1. The molecule has 3 aromatic rings. The standard InChI is InChI=1S/C20H20N4O3/c1-13-2-4-14(5-3-13)17-12-22-19(27-17)11-10-18(25)23-15-6-8-16(9-7-15)24-20(21)26/h2-9,12H,10-11H2,1H3,(H,23,25)(H3,21,24,26). The van der Waals surface area contributed by atoms with E-state index in [2.05, 4.69) is 15.6 Å². The number of rotatable bonds is 6. The predicted octanol–water partition coefficient (Wildman–Crippen LogP) is 3.71. The van der Waals surface area contributed by atoms with Crippen molar-refractivity contribution >= 4 is 23.3 Å². The van der Waals surface area contributed by atoms with Gasteiger partial charge in [-0.05, 0) is 31.2 Å². The summed E-state index contributed by atoms with van der Waals surface area (Å²) < 4.78 is 5.72. The topological polar surface area (TPSA) is 110 Å². The van der Waals surface area contributed by atoms with Crippen molar-refractivity contribution in [3.05, 3.63) is 66.2 Å². The van der Waals surface area contributed by atoms with Gasteiger partial charge in [-0.3, -0.25) is 4.79 Å². The van der Waals surface area contributed by atoms with Crippen LogP contribution >= 0.6 is 0 Å². The van der Waals surface area contributed by atoms with Gasteiger partial charge in [0, 0.05) is 29.8 Å². The number of carbonyl (C=O) groups is 2. The number of aryl methyl sites for hydroxylation is 2. The summed E-state index contributed by atoms with van der Waals surface area (Å²) in [5.74, 6) is 1.05. The van der Waals surface area contributed by atoms with Crippen molar-refractivity contribution in [2.24, 2.45) is 5.73 Å². The van der Waals surface area contributed by atoms with E-state index < -0.39 is 6.03 Å². The molecule has 2 aromatic carbocycles. The highest BCUT2D eigenvalue weighted by atomic mass is 16.4. The molecule has 0 aliphatic heterocycles. The number of oxazole rings is 1. The van der Waals surface area contributed by atoms with Crippen LogP contribution in [0.3, 0.4) is 0 Å². The summed E-state index contributed by atoms with van der Waals surface area (Å²) in [7, 11) is 0. The lowest BCUT2D eigenvalue weighted by Gasteiger charge is -2.06. The third kappa shape index (κ3) is 5.18. The average molecular weight is 364 g/mol. The van der Waals surface area contributed by atoms with Gasteiger partial charge in [-0.1, -0.05) is 29.8 Å². The van der Waals surface area contributed by atoms with E-state index in [-0.39, 0.29) is 12.3 Å². The Balaban J connectivity index is 1.52. The SMILES string of the molecule is Cc1ccc(-c2cnc(CCC(=O)Nc3ccc(NC(N)=O)cc3)o2)cc1. The van der Waals surface area contributed by atoms with E-state index in [9.17, 15) is 9.59 Å². The lowest BCUT2D eigenvalue weighted by Crippen LogP contribution is -2.19. The second kappa shape index (κ2) is 8.18. The zero-order valence-electron chi connectivity index (χ0n) is 14.9. The van der Waals surface area contributed by atoms with Crippen LogP contribution in [0.15, 0.2) is 59.1 Å². The van der Waals surface area contributed by atoms with Gasteiger partial charge >= 0.3 is 6.03 Å². The Hall–Kier alpha value is -3.61. The number of primary amides is 1. The van der Waals surface area contributed by atoms with Crippen molar-refractivity contribution in [3.8, 4) is 11.3 Å². The maximum atomic E-state index is 12.1. The van der Waals surface area contributed by atoms with Crippen LogP contribution in [0, 0.1) is 6.92 Å². The number of nitrogens with two attached hydrogens (primary N) is 1. The largest absolute Gasteiger partial charge is 0.441 e. The number of nitrogens with zero attached hydrogens (tertiary/aromatic N) is 1. The molecule has 0 bridgehead atoms. The fourth-order valence-electron chi connectivity index (χ4n) is 2.50. The Morgan fingerprint density at radius 3 is 2.26 bits per heavy atom. The van der Waals surface area contributed by atoms with Gasteiger partial charge in [0.05, 0.1) is 6.20 Å². The van der Waals surface area contributed by atoms with Crippen molar-refractivity contribution in [2.45, 2.75) is 19.8 Å². The Labute approximate surface area is 156 Å². The second-order valence-corrected chi connectivity index (χ2v) is 6.10. The van der Waals surface area contributed by atoms with Gasteiger partial charge in [0.2, 0.25) is 5.91 Å². The van der Waals surface area contributed by atoms with Crippen LogP contribution in [-0.4, -0.2) is 16.9 Å². The van der Waals surface area contributed by atoms with Crippen LogP contribution in [0.5, 0.6) is 0 Å². The minimum Gasteiger partial charge on any atom is -0.441 e. The average Bonchev–Trinajstić information content (AvgIpc) is 3.11. The van der Waals surface area contributed by atoms with E-state index in [0.29, 0.717) is 29.4 Å². The van der Waals surface area contributed by atoms with Crippen molar-refractivity contribution in [2.75, 3.05) is 10.6 Å². The molecule has 4 N–H and O–H groups in total. The van der Waals surface area contributed by atoms with Crippen molar-refractivity contribution < 1.29 is 14.0 Å². The van der Waals surface area contributed by atoms with Gasteiger partial charge in [-0.2, -0.15) is 0 Å². The molecule has 0 spiro atoms. The first-order valence-electron chi connectivity index (χ1n) is 8.48. The maximum Gasteiger partial charge on any atom is 0.316 e. The molecule has 3 amide bonds. The first-order chi connectivity index (χ1) is 13.0. The monoisotopic (exact) mass is 364 g/mol. The molecule has 1 aromatic heterocycles. The first kappa shape index (κ1) is 18.2. The summed E-state index contributed by atoms with van der Waals surface area (Å²) in [6, 6.07) is 14.0. The van der Waals surface area contributed by atoms with E-state index in [4.69, 9.17) is 10.2 Å². The third-order valence-electron chi connectivity index (χ3n) is 3.89. The molecule has 0 fully saturated rings. The molecule has 0 radical (unpaired) electrons. The van der Waals surface area contributed by atoms with Crippen LogP contribution in [0.2, 0.25) is 0 Å². The molecule has 138 valence electrons. The molecule has 7 heteroatoms. The van der Waals surface area contributed by atoms with Crippen LogP contribution < -0.4 is 16.4 Å². The number of hydrogen-bond acceptors (Lipinski definition) is 4. The number of hydrogen-bond donors (Lipinski definition) is 3. The Morgan fingerprint density at radius 2 is 1.63 bits per heavy atom. The number of anilines is 2. The van der Waals surface area contributed by atoms with Gasteiger partial charge in [-0.25, -0.2) is 9.78 Å². The molecule has 0 unspecified atom stereocenters. The number of nitrogens with one attached hydrogen (secondary N) is 2. The van der Waals surface area contributed by atoms with Gasteiger partial charge in [0.25, 0.3) is 0 Å². The number of amides is 3. The minimum atomic E-state index is -0.636. The Bertz CT molecular complexity index is 931. The zero-order chi connectivity index (χ0) is 19.2. The van der Waals surface area contributed by atoms with E-state index >= 15 is 0 Å². The smallest absolute Gasteiger partial charge is 0.316 e. The molecule has 0 atom stereocenters. The molecule has 0 aliphatic carbocycles. The van der Waals surface area contributed by atoms with E-state index in [1.54, 1.807) is 30.5 Å². The Morgan fingerprint density at radius 1 is 1.00 bits per heavy atom. The van der Waals surface area contributed by atoms with Crippen molar-refractivity contribution in [1.82, 2.24) is 4.98 Å². The summed E-state index contributed by atoms with van der Waals surface area (Å²) in [6.45, 7) is 2.02. The third-order valence-corrected chi connectivity index (χ3v) is 3.89. The van der Waals surface area contributed by atoms with Crippen LogP contribution in [-0.2, 0) is 11.2 Å². The molecule has 0 saturated heterocycles. The molecule has 1 heterocycles. The molecule has 27 heavy (non-hydrogen) atoms. The van der Waals surface area contributed by atoms with Gasteiger partial charge < -0.3 is 20.8 Å². The predicted molar refractivity (Wildman–Crippen MR) is 103 cm³/mol. The molecular weight excluding hydrogens is 344 g/mol. The number of carbonyl (C=O) groups excluding carboxylic acids is 2. The lowest BCUT2D eigenvalue weighted by molar-refractivity contribution is -0.116. The van der Waals surface area contributed by atoms with E-state index in [0.717, 1.165) is 5.56 Å². The number of urea groups is 1. The maximum absolute atomic E-state index is 12.1. The second-order valence-electron chi connectivity index (χ2n) is 6.10. The van der Waals surface area contributed by atoms with Gasteiger partial charge in [-0.15, -0.1) is 0 Å². The Kier molecular flexibility index (Phi) is 5.51. The van der Waals surface area contributed by atoms with Crippen LogP contribution in [0.1, 0.15) is 17.9 Å². The summed E-state index contributed by atoms with van der Waals surface area (Å²) >= 11 is 0. The summed E-state index contributed by atoms with van der Waals surface area (Å²) in [5, 5.41) is 5.24. The van der Waals surface area contributed by atoms with Crippen LogP contribution in [0.25, 0.3) is 11.3 Å². The molecule has 7 nitrogen and oxygen atoms in total. The van der Waals surface area contributed by atoms with E-state index in [1.807, 2.05) is 31.2 Å². The normalized spacial score (nSPS) is 10.4. The van der Waals surface area contributed by atoms with Crippen molar-refractivity contribution in [3.63, 3.8) is 0 Å². The summed E-state index contributed by atoms with van der Waals surface area (Å²) in [4.78, 5) is 27.1. The van der Waals surface area contributed by atoms with Crippen molar-refractivity contribution in [1.29, 1.82) is 0 Å². The molecule has 0 aliphatic rings. The summed E-state index contributed by atoms with van der Waals surface area (Å²) in [6.07, 6.45) is 2.32. The summed E-state index contributed by atoms with van der Waals surface area (Å²) in [5.41, 5.74) is 8.36. The molecule has 0 saturated carbocycles. The highest BCUT2D eigenvalue weighted by Gasteiger charge is 2.09. The highest BCUT2D eigenvalue weighted by Crippen LogP contribution is 2.21. The first-order valence-corrected chi connectivity index (χ1v) is 8.48. The fourth-order valence-corrected chi connectivity index (χ4v) is 2.50. The fraction of sp³-hybridized carbons (Fsp3) is 0.150. The highest BCUT2D eigenvalue weighted by molar-refractivity contribution is 5.92. The zero-order valence-corrected chi connectivity index (χ0v) is 14.9. The molecule has 3 rings (SSSR count). The van der Waals surface area contributed by atoms with Gasteiger partial charge in [0.15, 0.2) is 11.7 Å². The number of benzene rings is 2. The number of aromatic nitrogens is 1. The quantitative estimate of drug-likeness (QED) is 0.619. The van der Waals surface area contributed by atoms with E-state index in [1.165, 1.54) is 5.56 Å². The minimum absolute atomic E-state index is 0.152.